The van der Waals surface area contributed by atoms with E-state index in [4.69, 9.17) is 23.7 Å². The minimum atomic E-state index is -2.98. The zero-order chi connectivity index (χ0) is 12.1. The molecule has 0 saturated heterocycles. The first-order valence-electron chi connectivity index (χ1n) is 5.03. The lowest BCUT2D eigenvalue weighted by molar-refractivity contribution is -0.0830. The highest BCUT2D eigenvalue weighted by molar-refractivity contribution is 6.63. The topological polar surface area (TPSA) is 62.9 Å². The van der Waals surface area contributed by atoms with Gasteiger partial charge in [0.25, 0.3) is 0 Å². The molecule has 5 nitrogen and oxygen atoms in total. The lowest BCUT2D eigenvalue weighted by Crippen LogP contribution is -2.70. The van der Waals surface area contributed by atoms with Gasteiger partial charge in [0.2, 0.25) is 0 Å². The number of hydrogen-bond acceptors (Lipinski definition) is 5. The summed E-state index contributed by atoms with van der Waals surface area (Å²) in [5, 5.41) is -1.00. The predicted molar refractivity (Wildman–Crippen MR) is 60.2 cm³/mol. The molecule has 0 aliphatic rings. The minimum absolute atomic E-state index is 0.0118. The van der Waals surface area contributed by atoms with Crippen molar-refractivity contribution in [2.75, 3.05) is 21.3 Å². The van der Waals surface area contributed by atoms with Gasteiger partial charge < -0.3 is 18.0 Å². The van der Waals surface area contributed by atoms with Gasteiger partial charge in [-0.25, -0.2) is 0 Å². The zero-order valence-electron chi connectivity index (χ0n) is 10.5. The van der Waals surface area contributed by atoms with Gasteiger partial charge in [0.1, 0.15) is 0 Å². The first kappa shape index (κ1) is 15.0. The molecule has 0 radical (unpaired) electrons. The van der Waals surface area contributed by atoms with E-state index in [0.29, 0.717) is 6.42 Å². The molecule has 0 fully saturated rings. The van der Waals surface area contributed by atoms with E-state index < -0.39 is 14.2 Å². The summed E-state index contributed by atoms with van der Waals surface area (Å²) < 4.78 is 21.7. The lowest BCUT2D eigenvalue weighted by Gasteiger charge is -2.40. The molecule has 0 amide bonds. The summed E-state index contributed by atoms with van der Waals surface area (Å²) in [6.45, 7) is 5.75. The fraction of sp³-hybridized carbons (Fsp3) is 1.00. The van der Waals surface area contributed by atoms with E-state index in [1.165, 1.54) is 21.3 Å². The maximum Gasteiger partial charge on any atom is 0.549 e. The second-order valence-electron chi connectivity index (χ2n) is 3.58. The fourth-order valence-electron chi connectivity index (χ4n) is 1.56. The number of hydrogen-bond donors (Lipinski definition) is 1. The third-order valence-electron chi connectivity index (χ3n) is 2.30. The van der Waals surface area contributed by atoms with Gasteiger partial charge in [-0.3, -0.25) is 5.73 Å². The van der Waals surface area contributed by atoms with Crippen LogP contribution in [0, 0.1) is 0 Å². The maximum atomic E-state index is 6.17. The summed E-state index contributed by atoms with van der Waals surface area (Å²) in [5.74, 6) is 0. The van der Waals surface area contributed by atoms with E-state index in [-0.39, 0.29) is 6.10 Å². The molecule has 1 atom stereocenters. The van der Waals surface area contributed by atoms with Crippen LogP contribution in [0.5, 0.6) is 0 Å². The van der Waals surface area contributed by atoms with Gasteiger partial charge >= 0.3 is 8.80 Å². The van der Waals surface area contributed by atoms with Crippen LogP contribution in [-0.4, -0.2) is 41.6 Å². The molecule has 1 unspecified atom stereocenters. The molecule has 0 aromatic heterocycles. The van der Waals surface area contributed by atoms with E-state index in [2.05, 4.69) is 0 Å². The van der Waals surface area contributed by atoms with Crippen LogP contribution in [0.1, 0.15) is 27.2 Å². The predicted octanol–water partition coefficient (Wildman–Crippen LogP) is 0.894. The van der Waals surface area contributed by atoms with Crippen LogP contribution in [-0.2, 0) is 18.0 Å². The molecule has 0 bridgehead atoms. The standard InChI is InChI=1S/C9H23NO4Si/c1-7-9(10,14-8(2)3)15(11-4,12-5)13-6/h8H,7,10H2,1-6H3. The summed E-state index contributed by atoms with van der Waals surface area (Å²) in [6, 6.07) is 0. The SMILES string of the molecule is CCC(N)(OC(C)C)[Si](OC)(OC)OC. The highest BCUT2D eigenvalue weighted by atomic mass is 28.4. The van der Waals surface area contributed by atoms with Gasteiger partial charge in [-0.2, -0.15) is 0 Å². The Morgan fingerprint density at radius 1 is 1.13 bits per heavy atom. The quantitative estimate of drug-likeness (QED) is 0.526. The van der Waals surface area contributed by atoms with Gasteiger partial charge in [0, 0.05) is 21.3 Å². The molecule has 6 heteroatoms. The fourth-order valence-corrected chi connectivity index (χ4v) is 3.91. The molecule has 15 heavy (non-hydrogen) atoms. The van der Waals surface area contributed by atoms with E-state index >= 15 is 0 Å². The van der Waals surface area contributed by atoms with Crippen molar-refractivity contribution in [2.24, 2.45) is 5.73 Å². The Bertz CT molecular complexity index is 179. The van der Waals surface area contributed by atoms with Crippen molar-refractivity contribution in [3.8, 4) is 0 Å². The highest BCUT2D eigenvalue weighted by Crippen LogP contribution is 2.26. The molecule has 0 aliphatic heterocycles. The number of rotatable bonds is 7. The summed E-state index contributed by atoms with van der Waals surface area (Å²) in [4.78, 5) is 0. The lowest BCUT2D eigenvalue weighted by atomic mass is 10.4. The summed E-state index contributed by atoms with van der Waals surface area (Å²) >= 11 is 0. The molecule has 0 aliphatic carbocycles. The summed E-state index contributed by atoms with van der Waals surface area (Å²) in [5.41, 5.74) is 6.17. The normalized spacial score (nSPS) is 16.8. The van der Waals surface area contributed by atoms with Crippen molar-refractivity contribution < 1.29 is 18.0 Å². The summed E-state index contributed by atoms with van der Waals surface area (Å²) in [6.07, 6.45) is 0.551. The van der Waals surface area contributed by atoms with Crippen LogP contribution in [0.2, 0.25) is 0 Å². The molecule has 0 aromatic rings. The van der Waals surface area contributed by atoms with Crippen molar-refractivity contribution in [2.45, 2.75) is 38.6 Å². The van der Waals surface area contributed by atoms with Gasteiger partial charge in [0.05, 0.1) is 6.10 Å². The maximum absolute atomic E-state index is 6.17. The molecule has 0 rings (SSSR count). The monoisotopic (exact) mass is 237 g/mol. The van der Waals surface area contributed by atoms with Crippen LogP contribution in [0.3, 0.4) is 0 Å². The van der Waals surface area contributed by atoms with Crippen LogP contribution < -0.4 is 5.73 Å². The molecular weight excluding hydrogens is 214 g/mol. The molecule has 0 spiro atoms. The van der Waals surface area contributed by atoms with Crippen LogP contribution in [0.15, 0.2) is 0 Å². The Hall–Kier alpha value is 0.0169. The largest absolute Gasteiger partial charge is 0.549 e. The number of ether oxygens (including phenoxy) is 1. The zero-order valence-corrected chi connectivity index (χ0v) is 11.5. The molecule has 0 heterocycles. The molecular formula is C9H23NO4Si. The molecule has 0 saturated carbocycles. The average Bonchev–Trinajstić information content (AvgIpc) is 2.20. The Morgan fingerprint density at radius 2 is 1.53 bits per heavy atom. The van der Waals surface area contributed by atoms with Crippen molar-refractivity contribution in [1.29, 1.82) is 0 Å². The first-order chi connectivity index (χ1) is 6.91. The van der Waals surface area contributed by atoms with Gasteiger partial charge in [-0.05, 0) is 20.3 Å². The van der Waals surface area contributed by atoms with Crippen molar-refractivity contribution in [3.63, 3.8) is 0 Å². The van der Waals surface area contributed by atoms with E-state index in [9.17, 15) is 0 Å². The molecule has 0 aromatic carbocycles. The Balaban J connectivity index is 5.01. The second-order valence-corrected chi connectivity index (χ2v) is 6.76. The Kier molecular flexibility index (Phi) is 5.93. The van der Waals surface area contributed by atoms with Gasteiger partial charge in [-0.1, -0.05) is 6.92 Å². The minimum Gasteiger partial charge on any atom is -0.374 e. The highest BCUT2D eigenvalue weighted by Gasteiger charge is 2.58. The van der Waals surface area contributed by atoms with Crippen molar-refractivity contribution >= 4 is 8.80 Å². The van der Waals surface area contributed by atoms with Crippen LogP contribution in [0.4, 0.5) is 0 Å². The van der Waals surface area contributed by atoms with Crippen LogP contribution >= 0.6 is 0 Å². The average molecular weight is 237 g/mol. The molecule has 92 valence electrons. The Morgan fingerprint density at radius 3 is 1.73 bits per heavy atom. The third kappa shape index (κ3) is 2.99. The molecule has 2 N–H and O–H groups in total. The smallest absolute Gasteiger partial charge is 0.374 e. The van der Waals surface area contributed by atoms with E-state index in [1.54, 1.807) is 0 Å². The van der Waals surface area contributed by atoms with Gasteiger partial charge in [-0.15, -0.1) is 0 Å². The Labute approximate surface area is 93.2 Å². The first-order valence-corrected chi connectivity index (χ1v) is 6.76. The van der Waals surface area contributed by atoms with Crippen LogP contribution in [0.25, 0.3) is 0 Å². The van der Waals surface area contributed by atoms with E-state index in [1.807, 2.05) is 20.8 Å². The van der Waals surface area contributed by atoms with Gasteiger partial charge in [0.15, 0.2) is 5.35 Å². The third-order valence-corrected chi connectivity index (χ3v) is 5.42. The second kappa shape index (κ2) is 5.93. The van der Waals surface area contributed by atoms with E-state index in [0.717, 1.165) is 0 Å². The van der Waals surface area contributed by atoms with Crippen molar-refractivity contribution in [3.05, 3.63) is 0 Å². The van der Waals surface area contributed by atoms with Crippen molar-refractivity contribution in [1.82, 2.24) is 0 Å². The number of nitrogens with two attached hydrogens (primary N) is 1. The summed E-state index contributed by atoms with van der Waals surface area (Å²) in [7, 11) is 1.61.